The molecule has 3 heteroatoms. The van der Waals surface area contributed by atoms with Gasteiger partial charge in [0.25, 0.3) is 0 Å². The molecule has 0 unspecified atom stereocenters. The first-order valence-electron chi connectivity index (χ1n) is 5.80. The smallest absolute Gasteiger partial charge is 0.162 e. The van der Waals surface area contributed by atoms with Crippen LogP contribution in [-0.4, -0.2) is 13.7 Å². The van der Waals surface area contributed by atoms with E-state index in [4.69, 9.17) is 9.47 Å². The number of halogens is 1. The van der Waals surface area contributed by atoms with Gasteiger partial charge in [0.15, 0.2) is 11.5 Å². The second kappa shape index (κ2) is 6.45. The van der Waals surface area contributed by atoms with E-state index >= 15 is 0 Å². The molecule has 2 aromatic rings. The predicted molar refractivity (Wildman–Crippen MR) is 76.3 cm³/mol. The van der Waals surface area contributed by atoms with Gasteiger partial charge in [-0.05, 0) is 23.8 Å². The van der Waals surface area contributed by atoms with Crippen molar-refractivity contribution in [1.29, 1.82) is 0 Å². The van der Waals surface area contributed by atoms with Gasteiger partial charge in [-0.3, -0.25) is 0 Å². The maximum atomic E-state index is 5.76. The van der Waals surface area contributed by atoms with Crippen LogP contribution >= 0.6 is 15.9 Å². The lowest BCUT2D eigenvalue weighted by molar-refractivity contribution is 0.297. The Hall–Kier alpha value is -1.48. The van der Waals surface area contributed by atoms with Crippen LogP contribution < -0.4 is 9.47 Å². The molecule has 2 aromatic carbocycles. The molecule has 0 aliphatic rings. The Morgan fingerprint density at radius 3 is 2.50 bits per heavy atom. The molecule has 18 heavy (non-hydrogen) atoms. The van der Waals surface area contributed by atoms with E-state index in [2.05, 4.69) is 28.1 Å². The molecule has 0 heterocycles. The molecule has 0 saturated heterocycles. The van der Waals surface area contributed by atoms with E-state index < -0.39 is 0 Å². The van der Waals surface area contributed by atoms with Crippen molar-refractivity contribution in [3.8, 4) is 11.5 Å². The summed E-state index contributed by atoms with van der Waals surface area (Å²) >= 11 is 3.43. The topological polar surface area (TPSA) is 18.5 Å². The van der Waals surface area contributed by atoms with Crippen LogP contribution in [-0.2, 0) is 6.42 Å². The molecule has 0 saturated carbocycles. The summed E-state index contributed by atoms with van der Waals surface area (Å²) in [6, 6.07) is 16.0. The normalized spacial score (nSPS) is 10.1. The van der Waals surface area contributed by atoms with E-state index in [0.29, 0.717) is 6.61 Å². The summed E-state index contributed by atoms with van der Waals surface area (Å²) < 4.78 is 12.0. The Bertz CT molecular complexity index is 497. The van der Waals surface area contributed by atoms with Crippen molar-refractivity contribution < 1.29 is 9.47 Å². The third kappa shape index (κ3) is 3.50. The second-order valence-corrected chi connectivity index (χ2v) is 4.79. The molecule has 0 spiro atoms. The van der Waals surface area contributed by atoms with Crippen LogP contribution in [0, 0.1) is 0 Å². The Morgan fingerprint density at radius 2 is 1.78 bits per heavy atom. The average molecular weight is 307 g/mol. The van der Waals surface area contributed by atoms with Crippen molar-refractivity contribution >= 4 is 15.9 Å². The third-order valence-electron chi connectivity index (χ3n) is 2.62. The lowest BCUT2D eigenvalue weighted by Gasteiger charge is -2.11. The molecular weight excluding hydrogens is 292 g/mol. The van der Waals surface area contributed by atoms with E-state index in [0.717, 1.165) is 22.4 Å². The predicted octanol–water partition coefficient (Wildman–Crippen LogP) is 4.08. The molecule has 2 rings (SSSR count). The molecule has 0 N–H and O–H groups in total. The van der Waals surface area contributed by atoms with Crippen molar-refractivity contribution in [2.75, 3.05) is 13.7 Å². The summed E-state index contributed by atoms with van der Waals surface area (Å²) in [4.78, 5) is 0. The molecule has 0 atom stereocenters. The van der Waals surface area contributed by atoms with E-state index in [9.17, 15) is 0 Å². The first-order chi connectivity index (χ1) is 8.79. The highest BCUT2D eigenvalue weighted by atomic mass is 79.9. The van der Waals surface area contributed by atoms with Crippen LogP contribution in [0.25, 0.3) is 0 Å². The number of hydrogen-bond acceptors (Lipinski definition) is 2. The van der Waals surface area contributed by atoms with Crippen molar-refractivity contribution in [2.24, 2.45) is 0 Å². The molecule has 0 fully saturated rings. The van der Waals surface area contributed by atoms with Crippen molar-refractivity contribution in [2.45, 2.75) is 6.42 Å². The number of rotatable bonds is 5. The number of hydrogen-bond donors (Lipinski definition) is 0. The Kier molecular flexibility index (Phi) is 4.65. The van der Waals surface area contributed by atoms with Crippen LogP contribution in [0.15, 0.2) is 53.0 Å². The van der Waals surface area contributed by atoms with Crippen LogP contribution in [0.5, 0.6) is 11.5 Å². The first-order valence-corrected chi connectivity index (χ1v) is 6.59. The standard InChI is InChI=1S/C15H15BrO2/c1-17-14-8-7-13(16)11-15(14)18-10-9-12-5-3-2-4-6-12/h2-8,11H,9-10H2,1H3. The summed E-state index contributed by atoms with van der Waals surface area (Å²) in [6.45, 7) is 0.636. The minimum absolute atomic E-state index is 0.636. The Balaban J connectivity index is 1.96. The number of benzene rings is 2. The summed E-state index contributed by atoms with van der Waals surface area (Å²) in [5.41, 5.74) is 1.27. The summed E-state index contributed by atoms with van der Waals surface area (Å²) in [6.07, 6.45) is 0.885. The third-order valence-corrected chi connectivity index (χ3v) is 3.11. The van der Waals surface area contributed by atoms with Crippen molar-refractivity contribution in [3.05, 3.63) is 58.6 Å². The molecule has 2 nitrogen and oxygen atoms in total. The monoisotopic (exact) mass is 306 g/mol. The second-order valence-electron chi connectivity index (χ2n) is 3.88. The molecule has 0 aliphatic heterocycles. The zero-order valence-corrected chi connectivity index (χ0v) is 11.8. The zero-order chi connectivity index (χ0) is 12.8. The maximum absolute atomic E-state index is 5.76. The Labute approximate surface area is 116 Å². The van der Waals surface area contributed by atoms with Gasteiger partial charge >= 0.3 is 0 Å². The van der Waals surface area contributed by atoms with E-state index in [1.807, 2.05) is 36.4 Å². The van der Waals surface area contributed by atoms with Crippen LogP contribution in [0.2, 0.25) is 0 Å². The van der Waals surface area contributed by atoms with Gasteiger partial charge in [-0.15, -0.1) is 0 Å². The Morgan fingerprint density at radius 1 is 1.00 bits per heavy atom. The summed E-state index contributed by atoms with van der Waals surface area (Å²) in [7, 11) is 1.65. The van der Waals surface area contributed by atoms with E-state index in [-0.39, 0.29) is 0 Å². The maximum Gasteiger partial charge on any atom is 0.162 e. The van der Waals surface area contributed by atoms with Crippen LogP contribution in [0.3, 0.4) is 0 Å². The average Bonchev–Trinajstić information content (AvgIpc) is 2.40. The highest BCUT2D eigenvalue weighted by molar-refractivity contribution is 9.10. The number of methoxy groups -OCH3 is 1. The molecule has 0 aliphatic carbocycles. The molecule has 0 amide bonds. The van der Waals surface area contributed by atoms with Crippen molar-refractivity contribution in [3.63, 3.8) is 0 Å². The summed E-state index contributed by atoms with van der Waals surface area (Å²) in [5.74, 6) is 1.52. The fraction of sp³-hybridized carbons (Fsp3) is 0.200. The number of ether oxygens (including phenoxy) is 2. The minimum atomic E-state index is 0.636. The van der Waals surface area contributed by atoms with Gasteiger partial charge < -0.3 is 9.47 Å². The van der Waals surface area contributed by atoms with Gasteiger partial charge in [0.1, 0.15) is 0 Å². The van der Waals surface area contributed by atoms with Gasteiger partial charge in [-0.1, -0.05) is 46.3 Å². The van der Waals surface area contributed by atoms with Gasteiger partial charge in [0.05, 0.1) is 13.7 Å². The lowest BCUT2D eigenvalue weighted by Crippen LogP contribution is -2.02. The highest BCUT2D eigenvalue weighted by Crippen LogP contribution is 2.30. The SMILES string of the molecule is COc1ccc(Br)cc1OCCc1ccccc1. The molecule has 0 radical (unpaired) electrons. The minimum Gasteiger partial charge on any atom is -0.493 e. The fourth-order valence-electron chi connectivity index (χ4n) is 1.69. The van der Waals surface area contributed by atoms with Gasteiger partial charge in [-0.2, -0.15) is 0 Å². The zero-order valence-electron chi connectivity index (χ0n) is 10.2. The molecule has 94 valence electrons. The van der Waals surface area contributed by atoms with E-state index in [1.54, 1.807) is 7.11 Å². The molecule has 0 aromatic heterocycles. The molecular formula is C15H15BrO2. The first kappa shape index (κ1) is 13.0. The highest BCUT2D eigenvalue weighted by Gasteiger charge is 2.04. The van der Waals surface area contributed by atoms with Crippen molar-refractivity contribution in [1.82, 2.24) is 0 Å². The van der Waals surface area contributed by atoms with Crippen LogP contribution in [0.4, 0.5) is 0 Å². The summed E-state index contributed by atoms with van der Waals surface area (Å²) in [5, 5.41) is 0. The van der Waals surface area contributed by atoms with E-state index in [1.165, 1.54) is 5.56 Å². The van der Waals surface area contributed by atoms with Crippen LogP contribution in [0.1, 0.15) is 5.56 Å². The fourth-order valence-corrected chi connectivity index (χ4v) is 2.03. The van der Waals surface area contributed by atoms with Gasteiger partial charge in [-0.25, -0.2) is 0 Å². The molecule has 0 bridgehead atoms. The largest absolute Gasteiger partial charge is 0.493 e. The van der Waals surface area contributed by atoms with Gasteiger partial charge in [0, 0.05) is 10.9 Å². The lowest BCUT2D eigenvalue weighted by atomic mass is 10.2. The van der Waals surface area contributed by atoms with Gasteiger partial charge in [0.2, 0.25) is 0 Å². The quantitative estimate of drug-likeness (QED) is 0.828.